The molecule has 0 aliphatic heterocycles. The molecule has 2 aromatic rings. The Hall–Kier alpha value is -0.747. The van der Waals surface area contributed by atoms with Crippen LogP contribution >= 0.6 is 0 Å². The largest absolute Gasteiger partial charge is 2.00 e. The Labute approximate surface area is 92.3 Å². The molecule has 0 saturated carbocycles. The molecule has 1 N–H and O–H groups in total. The van der Waals surface area contributed by atoms with Crippen LogP contribution in [-0.4, -0.2) is 4.98 Å². The molecule has 0 aliphatic rings. The Morgan fingerprint density at radius 3 is 2.15 bits per heavy atom. The molecule has 0 saturated heterocycles. The molecule has 0 aliphatic carbocycles. The number of aromatic nitrogens is 1. The van der Waals surface area contributed by atoms with Crippen LogP contribution in [0.1, 0.15) is 12.5 Å². The van der Waals surface area contributed by atoms with Gasteiger partial charge >= 0.3 is 19.5 Å². The van der Waals surface area contributed by atoms with E-state index in [1.807, 2.05) is 18.3 Å². The molecule has 0 unspecified atom stereocenters. The summed E-state index contributed by atoms with van der Waals surface area (Å²) in [6, 6.07) is 12.1. The Kier molecular flexibility index (Phi) is 7.43. The van der Waals surface area contributed by atoms with Crippen molar-refractivity contribution in [3.63, 3.8) is 0 Å². The van der Waals surface area contributed by atoms with Crippen molar-refractivity contribution in [1.29, 1.82) is 0 Å². The number of aromatic amines is 1. The van der Waals surface area contributed by atoms with Crippen molar-refractivity contribution in [1.82, 2.24) is 4.98 Å². The Morgan fingerprint density at radius 1 is 1.23 bits per heavy atom. The molecule has 70 valence electrons. The van der Waals surface area contributed by atoms with Gasteiger partial charge in [-0.2, -0.15) is 36.0 Å². The van der Waals surface area contributed by atoms with Gasteiger partial charge in [0.15, 0.2) is 0 Å². The maximum absolute atomic E-state index is 2.74. The van der Waals surface area contributed by atoms with E-state index in [1.54, 1.807) is 0 Å². The minimum absolute atomic E-state index is 0. The minimum Gasteiger partial charge on any atom is -0.484 e. The zero-order valence-electron chi connectivity index (χ0n) is 7.60. The third-order valence-corrected chi connectivity index (χ3v) is 1.58. The van der Waals surface area contributed by atoms with Crippen LogP contribution in [0.3, 0.4) is 0 Å². The molecule has 0 bridgehead atoms. The number of H-pyrrole nitrogens is 1. The summed E-state index contributed by atoms with van der Waals surface area (Å²) in [6.07, 6.45) is 5.72. The molecule has 0 radical (unpaired) electrons. The summed E-state index contributed by atoms with van der Waals surface area (Å²) in [5.74, 6) is 0. The SMILES string of the molecule is CC[c-]1cccc1.[Ru+2].[c-]1ccc[nH]1. The summed E-state index contributed by atoms with van der Waals surface area (Å²) >= 11 is 0. The van der Waals surface area contributed by atoms with Gasteiger partial charge in [-0.1, -0.05) is 13.3 Å². The first kappa shape index (κ1) is 12.3. The Morgan fingerprint density at radius 2 is 1.92 bits per heavy atom. The molecule has 1 aromatic heterocycles. The van der Waals surface area contributed by atoms with Crippen LogP contribution in [-0.2, 0) is 25.9 Å². The van der Waals surface area contributed by atoms with Crippen LogP contribution in [0.15, 0.2) is 42.6 Å². The molecule has 0 amide bonds. The molecule has 13 heavy (non-hydrogen) atoms. The summed E-state index contributed by atoms with van der Waals surface area (Å²) in [5.41, 5.74) is 1.43. The predicted molar refractivity (Wildman–Crippen MR) is 51.0 cm³/mol. The first-order valence-corrected chi connectivity index (χ1v) is 4.13. The normalized spacial score (nSPS) is 8.08. The Balaban J connectivity index is 0.000000215. The van der Waals surface area contributed by atoms with Crippen LogP contribution < -0.4 is 0 Å². The van der Waals surface area contributed by atoms with E-state index in [0.717, 1.165) is 6.42 Å². The first-order chi connectivity index (χ1) is 5.93. The number of rotatable bonds is 1. The van der Waals surface area contributed by atoms with E-state index in [4.69, 9.17) is 0 Å². The molecule has 1 nitrogen and oxygen atoms in total. The molecular weight excluding hydrogens is 247 g/mol. The van der Waals surface area contributed by atoms with Crippen molar-refractivity contribution in [2.24, 2.45) is 0 Å². The number of aryl methyl sites for hydroxylation is 1. The van der Waals surface area contributed by atoms with Crippen molar-refractivity contribution in [3.8, 4) is 0 Å². The van der Waals surface area contributed by atoms with E-state index >= 15 is 0 Å². The maximum atomic E-state index is 2.74. The second kappa shape index (κ2) is 7.88. The minimum atomic E-state index is 0. The van der Waals surface area contributed by atoms with Crippen LogP contribution in [0.2, 0.25) is 0 Å². The second-order valence-corrected chi connectivity index (χ2v) is 2.46. The van der Waals surface area contributed by atoms with Gasteiger partial charge in [-0.05, 0) is 0 Å². The summed E-state index contributed by atoms with van der Waals surface area (Å²) in [4.78, 5) is 2.74. The van der Waals surface area contributed by atoms with Crippen molar-refractivity contribution in [2.75, 3.05) is 0 Å². The second-order valence-electron chi connectivity index (χ2n) is 2.46. The van der Waals surface area contributed by atoms with Gasteiger partial charge in [0.05, 0.1) is 0 Å². The fraction of sp³-hybridized carbons (Fsp3) is 0.182. The zero-order chi connectivity index (χ0) is 8.65. The molecule has 1 heterocycles. The first-order valence-electron chi connectivity index (χ1n) is 4.13. The van der Waals surface area contributed by atoms with Gasteiger partial charge in [0, 0.05) is 0 Å². The van der Waals surface area contributed by atoms with Gasteiger partial charge < -0.3 is 4.98 Å². The van der Waals surface area contributed by atoms with Gasteiger partial charge in [-0.25, -0.2) is 12.1 Å². The average Bonchev–Trinajstić information content (AvgIpc) is 2.81. The Bertz CT molecular complexity index is 241. The summed E-state index contributed by atoms with van der Waals surface area (Å²) in [7, 11) is 0. The smallest absolute Gasteiger partial charge is 0.484 e. The van der Waals surface area contributed by atoms with E-state index in [1.165, 1.54) is 5.56 Å². The van der Waals surface area contributed by atoms with Crippen molar-refractivity contribution in [3.05, 3.63) is 54.4 Å². The van der Waals surface area contributed by atoms with E-state index in [2.05, 4.69) is 42.4 Å². The average molecular weight is 260 g/mol. The van der Waals surface area contributed by atoms with E-state index < -0.39 is 0 Å². The monoisotopic (exact) mass is 261 g/mol. The van der Waals surface area contributed by atoms with Crippen LogP contribution in [0, 0.1) is 6.20 Å². The van der Waals surface area contributed by atoms with E-state index in [9.17, 15) is 0 Å². The summed E-state index contributed by atoms with van der Waals surface area (Å²) in [6.45, 7) is 2.16. The molecule has 0 fully saturated rings. The maximum Gasteiger partial charge on any atom is 2.00 e. The van der Waals surface area contributed by atoms with Crippen LogP contribution in [0.5, 0.6) is 0 Å². The fourth-order valence-electron chi connectivity index (χ4n) is 0.890. The summed E-state index contributed by atoms with van der Waals surface area (Å²) < 4.78 is 0. The molecule has 0 spiro atoms. The van der Waals surface area contributed by atoms with Crippen molar-refractivity contribution >= 4 is 0 Å². The molecule has 2 heteroatoms. The molecular formula is C11H13NRu. The third kappa shape index (κ3) is 5.49. The predicted octanol–water partition coefficient (Wildman–Crippen LogP) is 2.78. The van der Waals surface area contributed by atoms with Crippen LogP contribution in [0.4, 0.5) is 0 Å². The van der Waals surface area contributed by atoms with E-state index in [-0.39, 0.29) is 19.5 Å². The standard InChI is InChI=1S/C7H9.C4H4N.Ru/c1-2-7-5-3-4-6-7;1-2-4-5-3-1;/h3-6H,2H2,1H3;1-3,5H;/q2*-1;+2. The van der Waals surface area contributed by atoms with Gasteiger partial charge in [0.1, 0.15) is 0 Å². The topological polar surface area (TPSA) is 15.8 Å². The van der Waals surface area contributed by atoms with Crippen molar-refractivity contribution < 1.29 is 19.5 Å². The van der Waals surface area contributed by atoms with Gasteiger partial charge in [-0.3, -0.25) is 0 Å². The van der Waals surface area contributed by atoms with Gasteiger partial charge in [-0.15, -0.1) is 6.20 Å². The molecule has 0 atom stereocenters. The fourth-order valence-corrected chi connectivity index (χ4v) is 0.890. The van der Waals surface area contributed by atoms with Crippen molar-refractivity contribution in [2.45, 2.75) is 13.3 Å². The van der Waals surface area contributed by atoms with E-state index in [0.29, 0.717) is 0 Å². The molecule has 1 aromatic carbocycles. The third-order valence-electron chi connectivity index (χ3n) is 1.58. The number of hydrogen-bond donors (Lipinski definition) is 1. The number of hydrogen-bond acceptors (Lipinski definition) is 0. The quantitative estimate of drug-likeness (QED) is 0.599. The van der Waals surface area contributed by atoms with Gasteiger partial charge in [0.25, 0.3) is 0 Å². The zero-order valence-corrected chi connectivity index (χ0v) is 9.34. The molecule has 2 rings (SSSR count). The van der Waals surface area contributed by atoms with Gasteiger partial charge in [0.2, 0.25) is 0 Å². The number of nitrogens with one attached hydrogen (secondary N) is 1. The summed E-state index contributed by atoms with van der Waals surface area (Å²) in [5, 5.41) is 0. The van der Waals surface area contributed by atoms with Crippen LogP contribution in [0.25, 0.3) is 0 Å².